The van der Waals surface area contributed by atoms with Gasteiger partial charge in [-0.1, -0.05) is 11.8 Å². The van der Waals surface area contributed by atoms with E-state index in [1.54, 1.807) is 0 Å². The average molecular weight is 481 g/mol. The van der Waals surface area contributed by atoms with Crippen LogP contribution in [0.4, 0.5) is 11.4 Å². The molecule has 0 atom stereocenters. The average Bonchev–Trinajstić information content (AvgIpc) is 3.27. The molecule has 0 radical (unpaired) electrons. The van der Waals surface area contributed by atoms with Gasteiger partial charge in [0.1, 0.15) is 19.0 Å². The van der Waals surface area contributed by atoms with E-state index in [0.717, 1.165) is 16.5 Å². The Morgan fingerprint density at radius 1 is 1.21 bits per heavy atom. The van der Waals surface area contributed by atoms with Gasteiger partial charge in [-0.2, -0.15) is 0 Å². The fourth-order valence-electron chi connectivity index (χ4n) is 3.75. The topological polar surface area (TPSA) is 130 Å². The molecule has 2 aromatic carbocycles. The molecule has 0 saturated heterocycles. The first-order valence-electron chi connectivity index (χ1n) is 10.3. The van der Waals surface area contributed by atoms with E-state index in [1.165, 1.54) is 37.1 Å². The number of methoxy groups -OCH3 is 1. The van der Waals surface area contributed by atoms with Gasteiger partial charge >= 0.3 is 0 Å². The molecule has 0 saturated carbocycles. The predicted octanol–water partition coefficient (Wildman–Crippen LogP) is 3.61. The predicted molar refractivity (Wildman–Crippen MR) is 125 cm³/mol. The Hall–Kier alpha value is -4.06. The summed E-state index contributed by atoms with van der Waals surface area (Å²) >= 11 is 1.22. The van der Waals surface area contributed by atoms with Crippen LogP contribution in [0.15, 0.2) is 41.6 Å². The van der Waals surface area contributed by atoms with E-state index in [-0.39, 0.29) is 23.1 Å². The maximum Gasteiger partial charge on any atom is 0.273 e. The zero-order valence-corrected chi connectivity index (χ0v) is 19.0. The van der Waals surface area contributed by atoms with Crippen molar-refractivity contribution in [3.8, 4) is 17.2 Å². The lowest BCUT2D eigenvalue weighted by atomic mass is 10.1. The number of hydrogen-bond acceptors (Lipinski definition) is 9. The summed E-state index contributed by atoms with van der Waals surface area (Å²) in [5, 5.41) is 23.8. The molecule has 1 aliphatic rings. The number of aryl methyl sites for hydroxylation is 1. The Kier molecular flexibility index (Phi) is 5.57. The molecular weight excluding hydrogens is 462 g/mol. The summed E-state index contributed by atoms with van der Waals surface area (Å²) in [7, 11) is 1.38. The van der Waals surface area contributed by atoms with Crippen molar-refractivity contribution in [3.05, 3.63) is 52.1 Å². The van der Waals surface area contributed by atoms with Gasteiger partial charge in [-0.15, -0.1) is 10.2 Å². The van der Waals surface area contributed by atoms with Crippen LogP contribution in [0.5, 0.6) is 17.2 Å². The monoisotopic (exact) mass is 481 g/mol. The van der Waals surface area contributed by atoms with Crippen LogP contribution < -0.4 is 19.5 Å². The maximum atomic E-state index is 12.6. The second-order valence-corrected chi connectivity index (χ2v) is 8.44. The van der Waals surface area contributed by atoms with Crippen molar-refractivity contribution in [2.45, 2.75) is 12.1 Å². The molecule has 5 rings (SSSR count). The SMILES string of the molecule is COc1cc([N+](=O)[O-])ccc1NC(=O)CSc1nnc2c(C)cc3cc4c(cc3n12)OCCO4. The zero-order valence-electron chi connectivity index (χ0n) is 18.2. The number of benzene rings is 2. The number of nitro benzene ring substituents is 1. The molecule has 34 heavy (non-hydrogen) atoms. The first kappa shape index (κ1) is 21.8. The lowest BCUT2D eigenvalue weighted by Gasteiger charge is -2.19. The third kappa shape index (κ3) is 3.92. The lowest BCUT2D eigenvalue weighted by molar-refractivity contribution is -0.384. The molecule has 4 aromatic rings. The van der Waals surface area contributed by atoms with E-state index in [9.17, 15) is 14.9 Å². The molecule has 3 heterocycles. The van der Waals surface area contributed by atoms with Gasteiger partial charge in [0, 0.05) is 17.5 Å². The van der Waals surface area contributed by atoms with Crippen LogP contribution in [0.1, 0.15) is 5.56 Å². The van der Waals surface area contributed by atoms with Crippen LogP contribution in [0.3, 0.4) is 0 Å². The number of fused-ring (bicyclic) bond motifs is 4. The molecule has 0 aliphatic carbocycles. The van der Waals surface area contributed by atoms with Crippen LogP contribution in [-0.2, 0) is 4.79 Å². The van der Waals surface area contributed by atoms with Gasteiger partial charge in [0.05, 0.1) is 35.1 Å². The molecule has 1 aliphatic heterocycles. The number of ether oxygens (including phenoxy) is 3. The van der Waals surface area contributed by atoms with E-state index in [0.29, 0.717) is 41.2 Å². The minimum absolute atomic E-state index is 0.0426. The third-order valence-electron chi connectivity index (χ3n) is 5.29. The van der Waals surface area contributed by atoms with Crippen molar-refractivity contribution in [1.82, 2.24) is 14.6 Å². The number of pyridine rings is 1. The van der Waals surface area contributed by atoms with Gasteiger partial charge in [0.2, 0.25) is 5.91 Å². The number of rotatable bonds is 6. The van der Waals surface area contributed by atoms with Crippen LogP contribution in [-0.4, -0.2) is 51.5 Å². The van der Waals surface area contributed by atoms with Crippen LogP contribution in [0.2, 0.25) is 0 Å². The second-order valence-electron chi connectivity index (χ2n) is 7.50. The number of aromatic nitrogens is 3. The van der Waals surface area contributed by atoms with Crippen LogP contribution in [0, 0.1) is 17.0 Å². The minimum Gasteiger partial charge on any atom is -0.494 e. The summed E-state index contributed by atoms with van der Waals surface area (Å²) in [5.74, 6) is 1.27. The highest BCUT2D eigenvalue weighted by atomic mass is 32.2. The van der Waals surface area contributed by atoms with Crippen molar-refractivity contribution in [3.63, 3.8) is 0 Å². The number of carbonyl (C=O) groups excluding carboxylic acids is 1. The van der Waals surface area contributed by atoms with Crippen molar-refractivity contribution >= 4 is 45.6 Å². The maximum absolute atomic E-state index is 12.6. The number of nitrogens with one attached hydrogen (secondary N) is 1. The van der Waals surface area contributed by atoms with E-state index >= 15 is 0 Å². The number of carbonyl (C=O) groups is 1. The van der Waals surface area contributed by atoms with Crippen LogP contribution >= 0.6 is 11.8 Å². The van der Waals surface area contributed by atoms with E-state index < -0.39 is 4.92 Å². The van der Waals surface area contributed by atoms with Crippen molar-refractivity contribution in [1.29, 1.82) is 0 Å². The molecular formula is C22H19N5O6S. The summed E-state index contributed by atoms with van der Waals surface area (Å²) in [6.07, 6.45) is 0. The Morgan fingerprint density at radius 3 is 2.71 bits per heavy atom. The first-order valence-corrected chi connectivity index (χ1v) is 11.3. The lowest BCUT2D eigenvalue weighted by Crippen LogP contribution is -2.15. The highest BCUT2D eigenvalue weighted by molar-refractivity contribution is 7.99. The van der Waals surface area contributed by atoms with Gasteiger partial charge in [-0.05, 0) is 30.7 Å². The number of non-ortho nitro benzene ring substituents is 1. The highest BCUT2D eigenvalue weighted by Crippen LogP contribution is 2.36. The van der Waals surface area contributed by atoms with Crippen molar-refractivity contribution < 1.29 is 23.9 Å². The van der Waals surface area contributed by atoms with Gasteiger partial charge < -0.3 is 19.5 Å². The zero-order chi connectivity index (χ0) is 23.8. The Morgan fingerprint density at radius 2 is 1.97 bits per heavy atom. The largest absolute Gasteiger partial charge is 0.494 e. The number of amides is 1. The number of thioether (sulfide) groups is 1. The van der Waals surface area contributed by atoms with E-state index in [2.05, 4.69) is 15.5 Å². The standard InChI is InChI=1S/C22H19N5O6S/c1-12-7-13-8-18-19(33-6-5-32-18)10-16(13)26-21(12)24-25-22(26)34-11-20(28)23-15-4-3-14(27(29)30)9-17(15)31-2/h3-4,7-10H,5-6,11H2,1-2H3,(H,23,28). The Bertz CT molecular complexity index is 1450. The molecule has 11 nitrogen and oxygen atoms in total. The quantitative estimate of drug-likeness (QED) is 0.249. The van der Waals surface area contributed by atoms with E-state index in [4.69, 9.17) is 14.2 Å². The molecule has 12 heteroatoms. The van der Waals surface area contributed by atoms with Gasteiger partial charge in [-0.25, -0.2) is 0 Å². The molecule has 174 valence electrons. The first-order chi connectivity index (χ1) is 16.4. The summed E-state index contributed by atoms with van der Waals surface area (Å²) in [4.78, 5) is 23.1. The molecule has 0 spiro atoms. The fourth-order valence-corrected chi connectivity index (χ4v) is 4.49. The Labute approximate surface area is 197 Å². The third-order valence-corrected chi connectivity index (χ3v) is 6.22. The van der Waals surface area contributed by atoms with Crippen LogP contribution in [0.25, 0.3) is 16.6 Å². The smallest absolute Gasteiger partial charge is 0.273 e. The molecule has 1 N–H and O–H groups in total. The fraction of sp³-hybridized carbons (Fsp3) is 0.227. The molecule has 0 bridgehead atoms. The molecule has 2 aromatic heterocycles. The normalized spacial score (nSPS) is 12.6. The Balaban J connectivity index is 1.41. The summed E-state index contributed by atoms with van der Waals surface area (Å²) in [6, 6.07) is 9.84. The number of nitrogens with zero attached hydrogens (tertiary/aromatic N) is 4. The van der Waals surface area contributed by atoms with Gasteiger partial charge in [0.25, 0.3) is 5.69 Å². The number of hydrogen-bond donors (Lipinski definition) is 1. The van der Waals surface area contributed by atoms with Crippen molar-refractivity contribution in [2.75, 3.05) is 31.4 Å². The minimum atomic E-state index is -0.527. The second kappa shape index (κ2) is 8.71. The number of nitro groups is 1. The summed E-state index contributed by atoms with van der Waals surface area (Å²) < 4.78 is 18.5. The molecule has 0 unspecified atom stereocenters. The summed E-state index contributed by atoms with van der Waals surface area (Å²) in [5.41, 5.74) is 2.68. The number of anilines is 1. The highest BCUT2D eigenvalue weighted by Gasteiger charge is 2.19. The molecule has 0 fully saturated rings. The van der Waals surface area contributed by atoms with Gasteiger partial charge in [-0.3, -0.25) is 19.3 Å². The molecule has 1 amide bonds. The van der Waals surface area contributed by atoms with Crippen molar-refractivity contribution in [2.24, 2.45) is 0 Å². The van der Waals surface area contributed by atoms with E-state index in [1.807, 2.05) is 29.5 Å². The summed E-state index contributed by atoms with van der Waals surface area (Å²) in [6.45, 7) is 2.92. The van der Waals surface area contributed by atoms with Gasteiger partial charge in [0.15, 0.2) is 22.3 Å².